The van der Waals surface area contributed by atoms with E-state index in [1.165, 1.54) is 24.8 Å². The maximum absolute atomic E-state index is 11.5. The Hall–Kier alpha value is -1.35. The average Bonchev–Trinajstić information content (AvgIpc) is 2.48. The summed E-state index contributed by atoms with van der Waals surface area (Å²) in [7, 11) is 0. The fourth-order valence-electron chi connectivity index (χ4n) is 3.61. The van der Waals surface area contributed by atoms with Gasteiger partial charge in [0.25, 0.3) is 0 Å². The number of amides is 1. The second-order valence-corrected chi connectivity index (χ2v) is 6.26. The van der Waals surface area contributed by atoms with Crippen LogP contribution in [-0.4, -0.2) is 11.0 Å². The monoisotopic (exact) mass is 273 g/mol. The van der Waals surface area contributed by atoms with Gasteiger partial charge in [0.2, 0.25) is 5.91 Å². The number of carbonyl (C=O) groups is 1. The smallest absolute Gasteiger partial charge is 0.224 e. The fraction of sp³-hybridized carbons (Fsp3) is 0.588. The van der Waals surface area contributed by atoms with Crippen LogP contribution in [0.25, 0.3) is 0 Å². The van der Waals surface area contributed by atoms with Gasteiger partial charge in [-0.05, 0) is 48.8 Å². The highest BCUT2D eigenvalue weighted by Gasteiger charge is 2.25. The van der Waals surface area contributed by atoms with Crippen molar-refractivity contribution in [3.05, 3.63) is 28.8 Å². The minimum absolute atomic E-state index is 0.0983. The van der Waals surface area contributed by atoms with E-state index in [2.05, 4.69) is 11.4 Å². The van der Waals surface area contributed by atoms with Crippen LogP contribution in [0.3, 0.4) is 0 Å². The lowest BCUT2D eigenvalue weighted by atomic mass is 9.81. The zero-order chi connectivity index (χ0) is 14.1. The maximum Gasteiger partial charge on any atom is 0.224 e. The van der Waals surface area contributed by atoms with Crippen molar-refractivity contribution in [3.63, 3.8) is 0 Å². The molecule has 1 saturated carbocycles. The topological polar surface area (TPSA) is 49.3 Å². The van der Waals surface area contributed by atoms with E-state index in [4.69, 9.17) is 0 Å². The summed E-state index contributed by atoms with van der Waals surface area (Å²) in [5.41, 5.74) is 4.24. The fourth-order valence-corrected chi connectivity index (χ4v) is 3.61. The number of fused-ring (bicyclic) bond motifs is 1. The number of rotatable bonds is 2. The Morgan fingerprint density at radius 3 is 2.70 bits per heavy atom. The summed E-state index contributed by atoms with van der Waals surface area (Å²) >= 11 is 0. The van der Waals surface area contributed by atoms with Gasteiger partial charge >= 0.3 is 0 Å². The molecule has 1 amide bonds. The van der Waals surface area contributed by atoms with E-state index in [1.54, 1.807) is 0 Å². The summed E-state index contributed by atoms with van der Waals surface area (Å²) < 4.78 is 0. The SMILES string of the molecule is Cc1cc(C(O)C2CCCCC2)cc2c1NC(=O)CC2. The zero-order valence-corrected chi connectivity index (χ0v) is 12.1. The summed E-state index contributed by atoms with van der Waals surface area (Å²) in [4.78, 5) is 11.5. The first kappa shape index (κ1) is 13.6. The number of aryl methyl sites for hydroxylation is 2. The van der Waals surface area contributed by atoms with Gasteiger partial charge in [0.05, 0.1) is 6.10 Å². The van der Waals surface area contributed by atoms with E-state index >= 15 is 0 Å². The highest BCUT2D eigenvalue weighted by atomic mass is 16.3. The molecule has 0 bridgehead atoms. The molecule has 108 valence electrons. The molecule has 1 fully saturated rings. The third-order valence-electron chi connectivity index (χ3n) is 4.76. The molecular formula is C17H23NO2. The van der Waals surface area contributed by atoms with Crippen LogP contribution < -0.4 is 5.32 Å². The minimum atomic E-state index is -0.350. The van der Waals surface area contributed by atoms with Crippen molar-refractivity contribution in [1.29, 1.82) is 0 Å². The molecule has 2 N–H and O–H groups in total. The Labute approximate surface area is 120 Å². The molecule has 3 heteroatoms. The molecule has 0 aromatic heterocycles. The lowest BCUT2D eigenvalue weighted by Gasteiger charge is -2.28. The predicted octanol–water partition coefficient (Wildman–Crippen LogP) is 3.49. The molecule has 0 radical (unpaired) electrons. The second-order valence-electron chi connectivity index (χ2n) is 6.26. The lowest BCUT2D eigenvalue weighted by molar-refractivity contribution is -0.116. The standard InChI is InChI=1S/C17H23NO2/c1-11-9-14(17(20)12-5-3-2-4-6-12)10-13-7-8-15(19)18-16(11)13/h9-10,12,17,20H,2-8H2,1H3,(H,18,19). The summed E-state index contributed by atoms with van der Waals surface area (Å²) in [6, 6.07) is 4.14. The number of aliphatic hydroxyl groups excluding tert-OH is 1. The summed E-state index contributed by atoms with van der Waals surface area (Å²) in [6.07, 6.45) is 7.03. The van der Waals surface area contributed by atoms with Gasteiger partial charge in [-0.1, -0.05) is 31.4 Å². The molecule has 1 atom stereocenters. The number of nitrogens with one attached hydrogen (secondary N) is 1. The number of aliphatic hydroxyl groups is 1. The number of hydrogen-bond acceptors (Lipinski definition) is 2. The predicted molar refractivity (Wildman–Crippen MR) is 79.7 cm³/mol. The molecule has 0 spiro atoms. The maximum atomic E-state index is 11.5. The first-order chi connectivity index (χ1) is 9.65. The number of hydrogen-bond donors (Lipinski definition) is 2. The molecule has 3 nitrogen and oxygen atoms in total. The van der Waals surface area contributed by atoms with E-state index in [9.17, 15) is 9.90 Å². The molecule has 2 aliphatic rings. The van der Waals surface area contributed by atoms with Crippen molar-refractivity contribution in [2.24, 2.45) is 5.92 Å². The Morgan fingerprint density at radius 1 is 1.20 bits per heavy atom. The Bertz CT molecular complexity index is 518. The summed E-state index contributed by atoms with van der Waals surface area (Å²) in [5.74, 6) is 0.501. The zero-order valence-electron chi connectivity index (χ0n) is 12.1. The molecule has 1 aliphatic heterocycles. The normalized spacial score (nSPS) is 21.2. The van der Waals surface area contributed by atoms with E-state index in [-0.39, 0.29) is 12.0 Å². The van der Waals surface area contributed by atoms with E-state index in [0.717, 1.165) is 36.1 Å². The highest BCUT2D eigenvalue weighted by Crippen LogP contribution is 2.37. The van der Waals surface area contributed by atoms with Crippen LogP contribution in [0.15, 0.2) is 12.1 Å². The Balaban J connectivity index is 1.87. The van der Waals surface area contributed by atoms with E-state index < -0.39 is 0 Å². The number of benzene rings is 1. The quantitative estimate of drug-likeness (QED) is 0.866. The van der Waals surface area contributed by atoms with Crippen LogP contribution >= 0.6 is 0 Å². The van der Waals surface area contributed by atoms with Crippen LogP contribution in [0.5, 0.6) is 0 Å². The molecule has 3 rings (SSSR count). The average molecular weight is 273 g/mol. The van der Waals surface area contributed by atoms with Crippen LogP contribution in [-0.2, 0) is 11.2 Å². The molecule has 1 heterocycles. The van der Waals surface area contributed by atoms with Crippen molar-refractivity contribution in [3.8, 4) is 0 Å². The van der Waals surface area contributed by atoms with Gasteiger partial charge in [-0.3, -0.25) is 4.79 Å². The third kappa shape index (κ3) is 2.59. The second kappa shape index (κ2) is 5.57. The molecule has 1 aromatic rings. The van der Waals surface area contributed by atoms with Gasteiger partial charge in [0, 0.05) is 12.1 Å². The van der Waals surface area contributed by atoms with Crippen molar-refractivity contribution in [2.45, 2.75) is 58.0 Å². The summed E-state index contributed by atoms with van der Waals surface area (Å²) in [5, 5.41) is 13.6. The lowest BCUT2D eigenvalue weighted by Crippen LogP contribution is -2.21. The van der Waals surface area contributed by atoms with E-state index in [1.807, 2.05) is 13.0 Å². The highest BCUT2D eigenvalue weighted by molar-refractivity contribution is 5.94. The van der Waals surface area contributed by atoms with Crippen LogP contribution in [0, 0.1) is 12.8 Å². The van der Waals surface area contributed by atoms with Crippen LogP contribution in [0.4, 0.5) is 5.69 Å². The van der Waals surface area contributed by atoms with Gasteiger partial charge in [-0.25, -0.2) is 0 Å². The summed E-state index contributed by atoms with van der Waals surface area (Å²) in [6.45, 7) is 2.02. The third-order valence-corrected chi connectivity index (χ3v) is 4.76. The van der Waals surface area contributed by atoms with Crippen molar-refractivity contribution >= 4 is 11.6 Å². The number of anilines is 1. The molecule has 0 saturated heterocycles. The van der Waals surface area contributed by atoms with Crippen molar-refractivity contribution in [2.75, 3.05) is 5.32 Å². The molecule has 1 unspecified atom stereocenters. The van der Waals surface area contributed by atoms with Gasteiger partial charge in [-0.2, -0.15) is 0 Å². The Kier molecular flexibility index (Phi) is 3.79. The Morgan fingerprint density at radius 2 is 1.95 bits per heavy atom. The van der Waals surface area contributed by atoms with Crippen LogP contribution in [0.1, 0.15) is 61.3 Å². The molecule has 1 aromatic carbocycles. The minimum Gasteiger partial charge on any atom is -0.388 e. The molecule has 1 aliphatic carbocycles. The van der Waals surface area contributed by atoms with Gasteiger partial charge in [0.1, 0.15) is 0 Å². The van der Waals surface area contributed by atoms with Gasteiger partial charge in [0.15, 0.2) is 0 Å². The molecule has 20 heavy (non-hydrogen) atoms. The number of carbonyl (C=O) groups excluding carboxylic acids is 1. The molecular weight excluding hydrogens is 250 g/mol. The van der Waals surface area contributed by atoms with Gasteiger partial charge < -0.3 is 10.4 Å². The van der Waals surface area contributed by atoms with Gasteiger partial charge in [-0.15, -0.1) is 0 Å². The van der Waals surface area contributed by atoms with Crippen molar-refractivity contribution in [1.82, 2.24) is 0 Å². The first-order valence-corrected chi connectivity index (χ1v) is 7.76. The first-order valence-electron chi connectivity index (χ1n) is 7.76. The van der Waals surface area contributed by atoms with Crippen molar-refractivity contribution < 1.29 is 9.90 Å². The van der Waals surface area contributed by atoms with Crippen LogP contribution in [0.2, 0.25) is 0 Å². The largest absolute Gasteiger partial charge is 0.388 e. The van der Waals surface area contributed by atoms with E-state index in [0.29, 0.717) is 12.3 Å².